The van der Waals surface area contributed by atoms with Crippen molar-refractivity contribution in [3.63, 3.8) is 0 Å². The van der Waals surface area contributed by atoms with Gasteiger partial charge in [-0.25, -0.2) is 0 Å². The maximum absolute atomic E-state index is 2.33. The van der Waals surface area contributed by atoms with Crippen LogP contribution in [0.4, 0.5) is 5.69 Å². The van der Waals surface area contributed by atoms with Crippen LogP contribution >= 0.6 is 0 Å². The summed E-state index contributed by atoms with van der Waals surface area (Å²) in [5.74, 6) is 0. The largest absolute Gasteiger partial charge is 1.00 e. The van der Waals surface area contributed by atoms with Gasteiger partial charge in [-0.1, -0.05) is 18.2 Å². The molecule has 1 aromatic rings. The summed E-state index contributed by atoms with van der Waals surface area (Å²) in [6.45, 7) is 6.52. The first-order valence-electron chi connectivity index (χ1n) is 4.18. The molecule has 0 amide bonds. The number of hydrogen-bond donors (Lipinski definition) is 0. The van der Waals surface area contributed by atoms with Crippen LogP contribution in [0, 0.1) is 0 Å². The summed E-state index contributed by atoms with van der Waals surface area (Å²) in [4.78, 5) is 2.33. The number of nitrogens with zero attached hydrogens (tertiary/aromatic N) is 1. The molecule has 0 spiro atoms. The van der Waals surface area contributed by atoms with Crippen LogP contribution in [-0.4, -0.2) is 18.6 Å². The molecule has 0 atom stereocenters. The molecule has 0 radical (unpaired) electrons. The third kappa shape index (κ3) is 5.15. The summed E-state index contributed by atoms with van der Waals surface area (Å²) in [5, 5.41) is 0. The van der Waals surface area contributed by atoms with Crippen LogP contribution in [0.2, 0.25) is 0 Å². The minimum atomic E-state index is 0. The third-order valence-corrected chi connectivity index (χ3v) is 1.88. The van der Waals surface area contributed by atoms with Crippen molar-refractivity contribution in [2.45, 2.75) is 13.8 Å². The van der Waals surface area contributed by atoms with Gasteiger partial charge in [-0.05, 0) is 26.0 Å². The zero-order valence-electron chi connectivity index (χ0n) is 8.70. The van der Waals surface area contributed by atoms with Gasteiger partial charge in [0.1, 0.15) is 0 Å². The predicted molar refractivity (Wildman–Crippen MR) is 51.9 cm³/mol. The topological polar surface area (TPSA) is 33.2 Å². The first-order chi connectivity index (χ1) is 5.38. The Morgan fingerprint density at radius 1 is 1.00 bits per heavy atom. The standard InChI is InChI=1S/C10H15N.K.H2O/c1-3-11(4-2)10-8-6-5-7-9-10;;/h5-9H,3-4H2,1-2H3;;1H2/q;+1;/p-1. The Labute approximate surface area is 123 Å². The van der Waals surface area contributed by atoms with Crippen LogP contribution in [-0.2, 0) is 0 Å². The zero-order valence-corrected chi connectivity index (χ0v) is 11.8. The van der Waals surface area contributed by atoms with Crippen LogP contribution in [0.5, 0.6) is 0 Å². The summed E-state index contributed by atoms with van der Waals surface area (Å²) in [5.41, 5.74) is 1.32. The average Bonchev–Trinajstić information content (AvgIpc) is 2.09. The molecular formula is C10H16KNO. The molecule has 0 aromatic heterocycles. The smallest absolute Gasteiger partial charge is 0.870 e. The molecule has 0 aliphatic heterocycles. The second-order valence-corrected chi connectivity index (χ2v) is 2.51. The molecule has 0 saturated carbocycles. The van der Waals surface area contributed by atoms with Crippen molar-refractivity contribution in [1.29, 1.82) is 0 Å². The molecule has 1 rings (SSSR count). The molecule has 1 N–H and O–H groups in total. The van der Waals surface area contributed by atoms with Gasteiger partial charge in [-0.2, -0.15) is 0 Å². The predicted octanol–water partition coefficient (Wildman–Crippen LogP) is -0.640. The van der Waals surface area contributed by atoms with Crippen LogP contribution < -0.4 is 56.3 Å². The Balaban J connectivity index is 0. The monoisotopic (exact) mass is 205 g/mol. The second-order valence-electron chi connectivity index (χ2n) is 2.51. The van der Waals surface area contributed by atoms with E-state index in [4.69, 9.17) is 0 Å². The summed E-state index contributed by atoms with van der Waals surface area (Å²) in [6.07, 6.45) is 0. The minimum absolute atomic E-state index is 0. The summed E-state index contributed by atoms with van der Waals surface area (Å²) in [6, 6.07) is 10.5. The number of para-hydroxylation sites is 1. The van der Waals surface area contributed by atoms with E-state index >= 15 is 0 Å². The molecule has 0 heterocycles. The number of anilines is 1. The molecule has 0 unspecified atom stereocenters. The Kier molecular flexibility index (Phi) is 11.3. The van der Waals surface area contributed by atoms with E-state index in [-0.39, 0.29) is 56.9 Å². The van der Waals surface area contributed by atoms with Gasteiger partial charge in [0.25, 0.3) is 0 Å². The normalized spacial score (nSPS) is 8.15. The van der Waals surface area contributed by atoms with Gasteiger partial charge in [-0.15, -0.1) is 0 Å². The summed E-state index contributed by atoms with van der Waals surface area (Å²) >= 11 is 0. The molecule has 2 nitrogen and oxygen atoms in total. The van der Waals surface area contributed by atoms with Gasteiger partial charge in [0.05, 0.1) is 0 Å². The Hall–Kier alpha value is 0.616. The van der Waals surface area contributed by atoms with E-state index in [9.17, 15) is 0 Å². The Bertz CT molecular complexity index is 199. The van der Waals surface area contributed by atoms with Crippen LogP contribution in [0.3, 0.4) is 0 Å². The molecule has 0 saturated heterocycles. The van der Waals surface area contributed by atoms with Gasteiger partial charge < -0.3 is 10.4 Å². The quantitative estimate of drug-likeness (QED) is 0.615. The first-order valence-corrected chi connectivity index (χ1v) is 4.18. The fourth-order valence-electron chi connectivity index (χ4n) is 1.23. The summed E-state index contributed by atoms with van der Waals surface area (Å²) in [7, 11) is 0. The van der Waals surface area contributed by atoms with Crippen molar-refractivity contribution in [3.05, 3.63) is 30.3 Å². The van der Waals surface area contributed by atoms with Gasteiger partial charge >= 0.3 is 51.4 Å². The van der Waals surface area contributed by atoms with Crippen molar-refractivity contribution in [3.8, 4) is 0 Å². The van der Waals surface area contributed by atoms with E-state index in [1.54, 1.807) is 0 Å². The van der Waals surface area contributed by atoms with Crippen LogP contribution in [0.25, 0.3) is 0 Å². The Morgan fingerprint density at radius 2 is 1.46 bits per heavy atom. The Morgan fingerprint density at radius 3 is 1.85 bits per heavy atom. The maximum atomic E-state index is 2.33. The van der Waals surface area contributed by atoms with E-state index in [1.165, 1.54) is 5.69 Å². The summed E-state index contributed by atoms with van der Waals surface area (Å²) < 4.78 is 0. The molecule has 0 aliphatic rings. The maximum Gasteiger partial charge on any atom is 1.00 e. The van der Waals surface area contributed by atoms with E-state index in [2.05, 4.69) is 43.0 Å². The number of hydrogen-bond acceptors (Lipinski definition) is 2. The van der Waals surface area contributed by atoms with Crippen molar-refractivity contribution in [2.75, 3.05) is 18.0 Å². The second kappa shape index (κ2) is 9.18. The van der Waals surface area contributed by atoms with E-state index < -0.39 is 0 Å². The molecule has 13 heavy (non-hydrogen) atoms. The average molecular weight is 205 g/mol. The van der Waals surface area contributed by atoms with E-state index in [0.717, 1.165) is 13.1 Å². The van der Waals surface area contributed by atoms with Crippen LogP contribution in [0.15, 0.2) is 30.3 Å². The van der Waals surface area contributed by atoms with Gasteiger partial charge in [0.2, 0.25) is 0 Å². The van der Waals surface area contributed by atoms with Crippen molar-refractivity contribution < 1.29 is 56.9 Å². The van der Waals surface area contributed by atoms with Gasteiger partial charge in [-0.3, -0.25) is 0 Å². The SMILES string of the molecule is CCN(CC)c1ccccc1.[K+].[OH-]. The minimum Gasteiger partial charge on any atom is -0.870 e. The molecular weight excluding hydrogens is 189 g/mol. The van der Waals surface area contributed by atoms with Crippen LogP contribution in [0.1, 0.15) is 13.8 Å². The molecule has 0 fully saturated rings. The van der Waals surface area contributed by atoms with Crippen molar-refractivity contribution in [2.24, 2.45) is 0 Å². The van der Waals surface area contributed by atoms with Gasteiger partial charge in [0.15, 0.2) is 0 Å². The van der Waals surface area contributed by atoms with Gasteiger partial charge in [0, 0.05) is 18.8 Å². The van der Waals surface area contributed by atoms with Crippen molar-refractivity contribution >= 4 is 5.69 Å². The fourth-order valence-corrected chi connectivity index (χ4v) is 1.23. The van der Waals surface area contributed by atoms with E-state index in [1.807, 2.05) is 6.07 Å². The first kappa shape index (κ1) is 16.1. The van der Waals surface area contributed by atoms with Crippen molar-refractivity contribution in [1.82, 2.24) is 0 Å². The number of rotatable bonds is 3. The molecule has 3 heteroatoms. The fraction of sp³-hybridized carbons (Fsp3) is 0.400. The zero-order chi connectivity index (χ0) is 8.10. The third-order valence-electron chi connectivity index (χ3n) is 1.88. The molecule has 0 bridgehead atoms. The molecule has 0 aliphatic carbocycles. The molecule has 1 aromatic carbocycles. The number of benzene rings is 1. The molecule has 68 valence electrons. The van der Waals surface area contributed by atoms with E-state index in [0.29, 0.717) is 0 Å².